The van der Waals surface area contributed by atoms with Crippen molar-refractivity contribution in [1.82, 2.24) is 15.3 Å². The number of anilines is 2. The predicted molar refractivity (Wildman–Crippen MR) is 95.8 cm³/mol. The normalized spacial score (nSPS) is 10.6. The van der Waals surface area contributed by atoms with Crippen molar-refractivity contribution in [3.8, 4) is 0 Å². The molecule has 2 aromatic carbocycles. The van der Waals surface area contributed by atoms with E-state index in [0.29, 0.717) is 5.95 Å². The fourth-order valence-corrected chi connectivity index (χ4v) is 2.37. The fourth-order valence-electron chi connectivity index (χ4n) is 2.37. The lowest BCUT2D eigenvalue weighted by molar-refractivity contribution is 0.717. The van der Waals surface area contributed by atoms with E-state index in [4.69, 9.17) is 0 Å². The van der Waals surface area contributed by atoms with Crippen molar-refractivity contribution in [3.05, 3.63) is 60.9 Å². The second-order valence-corrected chi connectivity index (χ2v) is 5.24. The third kappa shape index (κ3) is 4.66. The van der Waals surface area contributed by atoms with Gasteiger partial charge >= 0.3 is 0 Å². The van der Waals surface area contributed by atoms with E-state index in [9.17, 15) is 0 Å². The number of aromatic nitrogens is 2. The Kier molecular flexibility index (Phi) is 5.37. The topological polar surface area (TPSA) is 61.9 Å². The zero-order valence-electron chi connectivity index (χ0n) is 13.0. The van der Waals surface area contributed by atoms with Crippen LogP contribution in [0.25, 0.3) is 10.8 Å². The Labute approximate surface area is 136 Å². The van der Waals surface area contributed by atoms with Crippen molar-refractivity contribution in [1.29, 1.82) is 0 Å². The Morgan fingerprint density at radius 3 is 2.26 bits per heavy atom. The van der Waals surface area contributed by atoms with Crippen LogP contribution in [0.3, 0.4) is 0 Å². The average Bonchev–Trinajstić information content (AvgIpc) is 2.61. The van der Waals surface area contributed by atoms with Gasteiger partial charge in [0.1, 0.15) is 0 Å². The van der Waals surface area contributed by atoms with E-state index in [2.05, 4.69) is 68.4 Å². The number of benzene rings is 2. The van der Waals surface area contributed by atoms with Crippen molar-refractivity contribution in [2.24, 2.45) is 0 Å². The molecule has 0 saturated carbocycles. The van der Waals surface area contributed by atoms with E-state index in [0.717, 1.165) is 31.9 Å². The van der Waals surface area contributed by atoms with Gasteiger partial charge in [-0.25, -0.2) is 9.97 Å². The maximum atomic E-state index is 4.11. The molecule has 0 saturated heterocycles. The minimum atomic E-state index is 0.670. The van der Waals surface area contributed by atoms with Gasteiger partial charge in [0.15, 0.2) is 0 Å². The maximum absolute atomic E-state index is 4.11. The molecule has 3 aromatic rings. The summed E-state index contributed by atoms with van der Waals surface area (Å²) in [5.41, 5.74) is 1.15. The predicted octanol–water partition coefficient (Wildman–Crippen LogP) is 2.74. The van der Waals surface area contributed by atoms with Crippen LogP contribution in [-0.2, 0) is 0 Å². The molecule has 0 amide bonds. The molecule has 0 aliphatic heterocycles. The number of rotatable bonds is 8. The van der Waals surface area contributed by atoms with Crippen molar-refractivity contribution in [2.75, 3.05) is 36.8 Å². The van der Waals surface area contributed by atoms with Crippen molar-refractivity contribution in [2.45, 2.75) is 0 Å². The molecule has 3 rings (SSSR count). The summed E-state index contributed by atoms with van der Waals surface area (Å²) in [4.78, 5) is 8.23. The Morgan fingerprint density at radius 2 is 1.43 bits per heavy atom. The molecule has 3 N–H and O–H groups in total. The molecule has 0 aliphatic carbocycles. The van der Waals surface area contributed by atoms with E-state index < -0.39 is 0 Å². The van der Waals surface area contributed by atoms with Crippen LogP contribution in [-0.4, -0.2) is 36.1 Å². The van der Waals surface area contributed by atoms with Crippen molar-refractivity contribution >= 4 is 22.4 Å². The summed E-state index contributed by atoms with van der Waals surface area (Å²) >= 11 is 0. The van der Waals surface area contributed by atoms with Crippen LogP contribution in [0, 0.1) is 0 Å². The van der Waals surface area contributed by atoms with Crippen LogP contribution in [0.1, 0.15) is 0 Å². The van der Waals surface area contributed by atoms with E-state index in [1.165, 1.54) is 10.8 Å². The standard InChI is InChI=1S/C18H21N5/c1-2-5-16-14-17(7-6-15(16)4-1)20-12-10-19-11-13-23-18-21-8-3-9-22-18/h1-9,14,19-20H,10-13H2,(H,21,22,23). The van der Waals surface area contributed by atoms with Gasteiger partial charge in [0.2, 0.25) is 5.95 Å². The summed E-state index contributed by atoms with van der Waals surface area (Å²) in [5.74, 6) is 0.670. The average molecular weight is 307 g/mol. The molecule has 0 fully saturated rings. The molecule has 0 bridgehead atoms. The molecular weight excluding hydrogens is 286 g/mol. The van der Waals surface area contributed by atoms with E-state index in [1.807, 2.05) is 6.07 Å². The van der Waals surface area contributed by atoms with Crippen LogP contribution in [0.15, 0.2) is 60.9 Å². The molecular formula is C18H21N5. The van der Waals surface area contributed by atoms with Gasteiger partial charge in [-0.2, -0.15) is 0 Å². The molecule has 0 spiro atoms. The minimum absolute atomic E-state index is 0.670. The van der Waals surface area contributed by atoms with E-state index in [1.54, 1.807) is 12.4 Å². The van der Waals surface area contributed by atoms with Gasteiger partial charge in [-0.1, -0.05) is 30.3 Å². The van der Waals surface area contributed by atoms with Gasteiger partial charge in [-0.3, -0.25) is 0 Å². The summed E-state index contributed by atoms with van der Waals surface area (Å²) in [7, 11) is 0. The largest absolute Gasteiger partial charge is 0.384 e. The minimum Gasteiger partial charge on any atom is -0.384 e. The molecule has 1 aromatic heterocycles. The second kappa shape index (κ2) is 8.10. The highest BCUT2D eigenvalue weighted by Gasteiger charge is 1.96. The molecule has 0 unspecified atom stereocenters. The Morgan fingerprint density at radius 1 is 0.696 bits per heavy atom. The van der Waals surface area contributed by atoms with Crippen molar-refractivity contribution < 1.29 is 0 Å². The number of hydrogen-bond donors (Lipinski definition) is 3. The first-order chi connectivity index (χ1) is 11.4. The van der Waals surface area contributed by atoms with Crippen LogP contribution in [0.5, 0.6) is 0 Å². The fraction of sp³-hybridized carbons (Fsp3) is 0.222. The van der Waals surface area contributed by atoms with E-state index >= 15 is 0 Å². The Balaban J connectivity index is 1.33. The molecule has 5 nitrogen and oxygen atoms in total. The quantitative estimate of drug-likeness (QED) is 0.559. The zero-order chi connectivity index (χ0) is 15.7. The van der Waals surface area contributed by atoms with Crippen molar-refractivity contribution in [3.63, 3.8) is 0 Å². The monoisotopic (exact) mass is 307 g/mol. The third-order valence-corrected chi connectivity index (χ3v) is 3.53. The number of nitrogens with zero attached hydrogens (tertiary/aromatic N) is 2. The molecule has 5 heteroatoms. The van der Waals surface area contributed by atoms with Gasteiger partial charge in [-0.05, 0) is 29.0 Å². The molecule has 23 heavy (non-hydrogen) atoms. The molecule has 118 valence electrons. The smallest absolute Gasteiger partial charge is 0.222 e. The highest BCUT2D eigenvalue weighted by molar-refractivity contribution is 5.85. The highest BCUT2D eigenvalue weighted by Crippen LogP contribution is 2.18. The highest BCUT2D eigenvalue weighted by atomic mass is 15.1. The van der Waals surface area contributed by atoms with Gasteiger partial charge in [0, 0.05) is 44.3 Å². The van der Waals surface area contributed by atoms with Crippen LogP contribution in [0.2, 0.25) is 0 Å². The number of hydrogen-bond acceptors (Lipinski definition) is 5. The van der Waals surface area contributed by atoms with Crippen LogP contribution < -0.4 is 16.0 Å². The zero-order valence-corrected chi connectivity index (χ0v) is 13.0. The maximum Gasteiger partial charge on any atom is 0.222 e. The summed E-state index contributed by atoms with van der Waals surface area (Å²) in [5, 5.41) is 12.5. The third-order valence-electron chi connectivity index (χ3n) is 3.53. The van der Waals surface area contributed by atoms with Gasteiger partial charge in [0.25, 0.3) is 0 Å². The Hall–Kier alpha value is -2.66. The molecule has 0 aliphatic rings. The number of fused-ring (bicyclic) bond motifs is 1. The summed E-state index contributed by atoms with van der Waals surface area (Å²) in [6.07, 6.45) is 3.46. The summed E-state index contributed by atoms with van der Waals surface area (Å²) < 4.78 is 0. The van der Waals surface area contributed by atoms with Gasteiger partial charge in [0.05, 0.1) is 0 Å². The van der Waals surface area contributed by atoms with E-state index in [-0.39, 0.29) is 0 Å². The van der Waals surface area contributed by atoms with Crippen LogP contribution >= 0.6 is 0 Å². The van der Waals surface area contributed by atoms with Gasteiger partial charge < -0.3 is 16.0 Å². The Bertz CT molecular complexity index is 730. The first kappa shape index (κ1) is 15.2. The first-order valence-electron chi connectivity index (χ1n) is 7.86. The summed E-state index contributed by atoms with van der Waals surface area (Å²) in [6.45, 7) is 3.47. The lowest BCUT2D eigenvalue weighted by Crippen LogP contribution is -2.27. The number of nitrogens with one attached hydrogen (secondary N) is 3. The molecule has 1 heterocycles. The lowest BCUT2D eigenvalue weighted by Gasteiger charge is -2.09. The summed E-state index contributed by atoms with van der Waals surface area (Å²) in [6, 6.07) is 16.7. The SMILES string of the molecule is c1cnc(NCCNCCNc2ccc3ccccc3c2)nc1. The van der Waals surface area contributed by atoms with Crippen LogP contribution in [0.4, 0.5) is 11.6 Å². The molecule has 0 radical (unpaired) electrons. The first-order valence-corrected chi connectivity index (χ1v) is 7.86. The second-order valence-electron chi connectivity index (χ2n) is 5.24. The lowest BCUT2D eigenvalue weighted by atomic mass is 10.1. The molecule has 0 atom stereocenters. The van der Waals surface area contributed by atoms with Gasteiger partial charge in [-0.15, -0.1) is 0 Å².